The maximum atomic E-state index is 13.0. The quantitative estimate of drug-likeness (QED) is 0.290. The molecule has 0 aliphatic heterocycles. The van der Waals surface area contributed by atoms with Crippen LogP contribution in [0.1, 0.15) is 19.8 Å². The second kappa shape index (κ2) is 8.48. The number of nitrogens with zero attached hydrogens (tertiary/aromatic N) is 4. The van der Waals surface area contributed by atoms with Gasteiger partial charge >= 0.3 is 0 Å². The summed E-state index contributed by atoms with van der Waals surface area (Å²) < 4.78 is 40.4. The fourth-order valence-corrected chi connectivity index (χ4v) is 4.91. The van der Waals surface area contributed by atoms with Gasteiger partial charge in [-0.1, -0.05) is 35.0 Å². The largest absolute Gasteiger partial charge is 0.616 e. The van der Waals surface area contributed by atoms with E-state index in [0.29, 0.717) is 29.3 Å². The van der Waals surface area contributed by atoms with Gasteiger partial charge in [-0.25, -0.2) is 13.5 Å². The van der Waals surface area contributed by atoms with Gasteiger partial charge < -0.3 is 9.45 Å². The highest BCUT2D eigenvalue weighted by Gasteiger charge is 2.58. The Morgan fingerprint density at radius 3 is 2.93 bits per heavy atom. The summed E-state index contributed by atoms with van der Waals surface area (Å²) >= 11 is 10.4. The van der Waals surface area contributed by atoms with Crippen LogP contribution in [0.15, 0.2) is 30.7 Å². The van der Waals surface area contributed by atoms with Crippen molar-refractivity contribution in [2.24, 2.45) is 5.92 Å². The molecule has 28 heavy (non-hydrogen) atoms. The molecule has 1 saturated carbocycles. The standard InChI is InChI=1S/C17H20ClF2N4O2S2/c1-2-23(15(27)5-7-28(26)11-12-8-17(12,19)20)14-10-24(21-16(14)18)13-4-3-6-22(25)9-13/h3-4,6,9-10,12,25H,2,5,7-8,11H2,1H3/q+1. The summed E-state index contributed by atoms with van der Waals surface area (Å²) in [5, 5.41) is 14.0. The molecular weight excluding hydrogens is 430 g/mol. The smallest absolute Gasteiger partial charge is 0.256 e. The highest BCUT2D eigenvalue weighted by molar-refractivity contribution is 7.91. The first-order chi connectivity index (χ1) is 13.2. The van der Waals surface area contributed by atoms with Gasteiger partial charge in [0.2, 0.25) is 12.4 Å². The van der Waals surface area contributed by atoms with Crippen molar-refractivity contribution in [1.29, 1.82) is 0 Å². The molecule has 2 unspecified atom stereocenters. The molecule has 1 aliphatic carbocycles. The lowest BCUT2D eigenvalue weighted by Gasteiger charge is -2.22. The number of pyridine rings is 1. The third-order valence-electron chi connectivity index (χ3n) is 4.48. The lowest BCUT2D eigenvalue weighted by molar-refractivity contribution is -0.904. The van der Waals surface area contributed by atoms with Gasteiger partial charge in [0, 0.05) is 30.2 Å². The molecule has 2 heterocycles. The predicted molar refractivity (Wildman–Crippen MR) is 107 cm³/mol. The van der Waals surface area contributed by atoms with Crippen LogP contribution in [-0.4, -0.2) is 48.5 Å². The van der Waals surface area contributed by atoms with Gasteiger partial charge in [-0.3, -0.25) is 5.21 Å². The third kappa shape index (κ3) is 4.91. The highest BCUT2D eigenvalue weighted by Crippen LogP contribution is 2.49. The fourth-order valence-electron chi connectivity index (χ4n) is 2.82. The first kappa shape index (κ1) is 21.2. The van der Waals surface area contributed by atoms with Crippen molar-refractivity contribution in [1.82, 2.24) is 9.78 Å². The minimum absolute atomic E-state index is 0.00952. The second-order valence-corrected chi connectivity index (χ2v) is 9.00. The average molecular weight is 450 g/mol. The van der Waals surface area contributed by atoms with E-state index < -0.39 is 23.0 Å². The fraction of sp³-hybridized carbons (Fsp3) is 0.471. The van der Waals surface area contributed by atoms with Crippen molar-refractivity contribution in [3.05, 3.63) is 35.9 Å². The zero-order valence-electron chi connectivity index (χ0n) is 15.1. The van der Waals surface area contributed by atoms with Gasteiger partial charge in [0.05, 0.1) is 22.8 Å². The summed E-state index contributed by atoms with van der Waals surface area (Å²) in [5.41, 5.74) is 1.19. The lowest BCUT2D eigenvalue weighted by Crippen LogP contribution is -2.31. The van der Waals surface area contributed by atoms with Crippen molar-refractivity contribution < 1.29 is 23.3 Å². The first-order valence-electron chi connectivity index (χ1n) is 8.70. The van der Waals surface area contributed by atoms with Crippen LogP contribution in [0.3, 0.4) is 0 Å². The van der Waals surface area contributed by atoms with Crippen LogP contribution >= 0.6 is 23.8 Å². The molecule has 0 saturated heterocycles. The number of halogens is 3. The van der Waals surface area contributed by atoms with Crippen molar-refractivity contribution >= 4 is 45.7 Å². The van der Waals surface area contributed by atoms with Gasteiger partial charge in [0.25, 0.3) is 5.92 Å². The molecule has 0 spiro atoms. The molecule has 2 aromatic heterocycles. The van der Waals surface area contributed by atoms with Crippen LogP contribution in [-0.2, 0) is 11.2 Å². The Morgan fingerprint density at radius 2 is 2.32 bits per heavy atom. The molecule has 3 rings (SSSR count). The topological polar surface area (TPSA) is 68.2 Å². The van der Waals surface area contributed by atoms with Crippen LogP contribution < -0.4 is 9.63 Å². The molecule has 152 valence electrons. The zero-order chi connectivity index (χ0) is 20.5. The molecule has 2 atom stereocenters. The van der Waals surface area contributed by atoms with E-state index in [9.17, 15) is 18.5 Å². The van der Waals surface area contributed by atoms with Crippen LogP contribution in [0.25, 0.3) is 5.69 Å². The minimum atomic E-state index is -2.65. The Hall–Kier alpha value is -1.49. The molecule has 1 fully saturated rings. The van der Waals surface area contributed by atoms with Crippen LogP contribution in [0.2, 0.25) is 5.15 Å². The van der Waals surface area contributed by atoms with Gasteiger partial charge in [0.15, 0.2) is 5.15 Å². The Kier molecular flexibility index (Phi) is 6.43. The van der Waals surface area contributed by atoms with E-state index in [4.69, 9.17) is 23.8 Å². The van der Waals surface area contributed by atoms with Crippen molar-refractivity contribution in [2.45, 2.75) is 25.7 Å². The normalized spacial score (nSPS) is 18.7. The van der Waals surface area contributed by atoms with E-state index in [1.165, 1.54) is 17.1 Å². The molecule has 0 bridgehead atoms. The summed E-state index contributed by atoms with van der Waals surface area (Å²) in [6.45, 7) is 2.41. The number of aromatic nitrogens is 3. The van der Waals surface area contributed by atoms with Gasteiger partial charge in [-0.2, -0.15) is 5.10 Å². The highest BCUT2D eigenvalue weighted by atomic mass is 35.5. The summed E-state index contributed by atoms with van der Waals surface area (Å²) in [5.74, 6) is -3.18. The maximum absolute atomic E-state index is 13.0. The molecule has 2 aromatic rings. The number of hydrogen-bond donors (Lipinski definition) is 1. The molecule has 6 nitrogen and oxygen atoms in total. The number of thiocarbonyl (C=S) groups is 1. The van der Waals surface area contributed by atoms with E-state index in [2.05, 4.69) is 5.10 Å². The third-order valence-corrected chi connectivity index (χ3v) is 6.61. The number of alkyl halides is 2. The van der Waals surface area contributed by atoms with E-state index in [1.54, 1.807) is 23.2 Å². The SMILES string of the molecule is CCN(C(=S)CC[S+]([O-])CC1CC1(F)F)c1cn(-c2ccc[n+](O)c2)nc1Cl. The van der Waals surface area contributed by atoms with Crippen LogP contribution in [0.4, 0.5) is 14.5 Å². The zero-order valence-corrected chi connectivity index (χ0v) is 17.5. The molecule has 1 aliphatic rings. The number of hydrogen-bond acceptors (Lipinski definition) is 4. The molecule has 0 radical (unpaired) electrons. The molecule has 1 N–H and O–H groups in total. The Labute approximate surface area is 174 Å². The summed E-state index contributed by atoms with van der Waals surface area (Å²) in [6.07, 6.45) is 4.79. The van der Waals surface area contributed by atoms with Crippen molar-refractivity contribution in [3.8, 4) is 5.69 Å². The van der Waals surface area contributed by atoms with Gasteiger partial charge in [-0.15, -0.1) is 0 Å². The maximum Gasteiger partial charge on any atom is 0.256 e. The number of anilines is 1. The molecule has 11 heteroatoms. The molecule has 0 amide bonds. The minimum Gasteiger partial charge on any atom is -0.616 e. The van der Waals surface area contributed by atoms with Crippen LogP contribution in [0.5, 0.6) is 0 Å². The Balaban J connectivity index is 1.64. The predicted octanol–water partition coefficient (Wildman–Crippen LogP) is 3.00. The van der Waals surface area contributed by atoms with E-state index >= 15 is 0 Å². The first-order valence-corrected chi connectivity index (χ1v) is 11.0. The second-order valence-electron chi connectivity index (χ2n) is 6.55. The summed E-state index contributed by atoms with van der Waals surface area (Å²) in [7, 11) is 0. The summed E-state index contributed by atoms with van der Waals surface area (Å²) in [6, 6.07) is 3.41. The van der Waals surface area contributed by atoms with E-state index in [-0.39, 0.29) is 23.1 Å². The average Bonchev–Trinajstić information content (AvgIpc) is 3.05. The monoisotopic (exact) mass is 449 g/mol. The van der Waals surface area contributed by atoms with Crippen LogP contribution in [0, 0.1) is 5.92 Å². The van der Waals surface area contributed by atoms with E-state index in [1.807, 2.05) is 6.92 Å². The Morgan fingerprint density at radius 1 is 1.61 bits per heavy atom. The van der Waals surface area contributed by atoms with E-state index in [0.717, 1.165) is 4.73 Å². The molecule has 0 aromatic carbocycles. The van der Waals surface area contributed by atoms with Gasteiger partial charge in [0.1, 0.15) is 17.2 Å². The lowest BCUT2D eigenvalue weighted by atomic mass is 10.3. The van der Waals surface area contributed by atoms with Crippen molar-refractivity contribution in [3.63, 3.8) is 0 Å². The number of rotatable bonds is 8. The van der Waals surface area contributed by atoms with Gasteiger partial charge in [-0.05, 0) is 13.0 Å². The summed E-state index contributed by atoms with van der Waals surface area (Å²) in [4.78, 5) is 2.30. The Bertz CT molecular complexity index is 867. The van der Waals surface area contributed by atoms with Crippen molar-refractivity contribution in [2.75, 3.05) is 23.0 Å². The molecular formula is C17H20ClF2N4O2S2+.